The van der Waals surface area contributed by atoms with Gasteiger partial charge in [0.15, 0.2) is 5.13 Å². The van der Waals surface area contributed by atoms with Crippen LogP contribution in [0.5, 0.6) is 0 Å². The summed E-state index contributed by atoms with van der Waals surface area (Å²) in [5.74, 6) is -3.74. The Kier molecular flexibility index (Phi) is 9.84. The lowest BCUT2D eigenvalue weighted by molar-refractivity contribution is -0.115. The molecule has 2 amide bonds. The van der Waals surface area contributed by atoms with Crippen molar-refractivity contribution in [2.24, 2.45) is 0 Å². The van der Waals surface area contributed by atoms with Crippen LogP contribution in [0, 0.1) is 0 Å². The number of halogens is 2. The number of thiazole rings is 1. The van der Waals surface area contributed by atoms with Crippen molar-refractivity contribution in [1.82, 2.24) is 4.98 Å². The van der Waals surface area contributed by atoms with E-state index in [1.54, 1.807) is 47.8 Å². The number of anilines is 2. The van der Waals surface area contributed by atoms with Gasteiger partial charge in [-0.15, -0.1) is 23.1 Å². The van der Waals surface area contributed by atoms with Crippen molar-refractivity contribution in [3.63, 3.8) is 0 Å². The van der Waals surface area contributed by atoms with E-state index in [1.807, 2.05) is 30.3 Å². The molecule has 4 N–H and O–H groups in total. The van der Waals surface area contributed by atoms with E-state index in [1.165, 1.54) is 23.1 Å². The average Bonchev–Trinajstić information content (AvgIpc) is 3.48. The number of carboxylic acids is 2. The van der Waals surface area contributed by atoms with Gasteiger partial charge in [0, 0.05) is 26.5 Å². The van der Waals surface area contributed by atoms with Gasteiger partial charge in [-0.05, 0) is 66.2 Å². The molecule has 1 unspecified atom stereocenters. The number of nitrogens with one attached hydrogen (secondary N) is 2. The maximum Gasteiger partial charge on any atom is 0.336 e. The quantitative estimate of drug-likeness (QED) is 0.108. The van der Waals surface area contributed by atoms with E-state index in [4.69, 9.17) is 28.3 Å². The highest BCUT2D eigenvalue weighted by atomic mass is 35.5. The highest BCUT2D eigenvalue weighted by Gasteiger charge is 2.24. The van der Waals surface area contributed by atoms with Crippen LogP contribution in [0.3, 0.4) is 0 Å². The Bertz CT molecular complexity index is 1920. The minimum absolute atomic E-state index is 0.185. The van der Waals surface area contributed by atoms with Crippen LogP contribution in [0.4, 0.5) is 10.8 Å². The molecule has 1 atom stereocenters. The Morgan fingerprint density at radius 1 is 0.800 bits per heavy atom. The predicted octanol–water partition coefficient (Wildman–Crippen LogP) is 8.24. The van der Waals surface area contributed by atoms with Gasteiger partial charge in [-0.25, -0.2) is 14.6 Å². The lowest BCUT2D eigenvalue weighted by Gasteiger charge is -2.16. The van der Waals surface area contributed by atoms with Gasteiger partial charge in [-0.2, -0.15) is 0 Å². The van der Waals surface area contributed by atoms with Crippen LogP contribution in [0.25, 0.3) is 11.3 Å². The maximum atomic E-state index is 13.5. The zero-order valence-corrected chi connectivity index (χ0v) is 26.0. The third-order valence-electron chi connectivity index (χ3n) is 6.39. The first-order valence-electron chi connectivity index (χ1n) is 13.0. The number of carboxylic acid groups (broad SMARTS) is 2. The van der Waals surface area contributed by atoms with Gasteiger partial charge in [0.2, 0.25) is 5.91 Å². The van der Waals surface area contributed by atoms with Crippen LogP contribution >= 0.6 is 46.3 Å². The second-order valence-electron chi connectivity index (χ2n) is 9.41. The van der Waals surface area contributed by atoms with Gasteiger partial charge in [0.1, 0.15) is 5.25 Å². The van der Waals surface area contributed by atoms with Crippen LogP contribution in [-0.2, 0) is 4.79 Å². The number of carbonyl (C=O) groups is 4. The molecule has 0 saturated carbocycles. The average molecular weight is 679 g/mol. The standard InChI is InChI=1S/C32H21Cl2N3O6S2/c33-19-7-13-23(25(34)15-19)26-16-44-32(36-26)37-29(39)27(17-4-2-1-3-5-17)45-21-10-8-20(9-11-21)35-28(38)22-12-6-18(30(40)41)14-24(22)31(42)43/h1-16,27H,(H,35,38)(H,40,41)(H,42,43)(H,36,37,39). The molecule has 1 aromatic heterocycles. The molecule has 0 bridgehead atoms. The molecule has 45 heavy (non-hydrogen) atoms. The van der Waals surface area contributed by atoms with E-state index in [0.29, 0.717) is 32.1 Å². The monoisotopic (exact) mass is 677 g/mol. The van der Waals surface area contributed by atoms with Gasteiger partial charge in [-0.1, -0.05) is 53.5 Å². The van der Waals surface area contributed by atoms with E-state index in [-0.39, 0.29) is 17.0 Å². The molecular formula is C32H21Cl2N3O6S2. The summed E-state index contributed by atoms with van der Waals surface area (Å²) in [6, 6.07) is 24.3. The fourth-order valence-electron chi connectivity index (χ4n) is 4.23. The fraction of sp³-hybridized carbons (Fsp3) is 0.0312. The van der Waals surface area contributed by atoms with Gasteiger partial charge < -0.3 is 20.8 Å². The summed E-state index contributed by atoms with van der Waals surface area (Å²) in [7, 11) is 0. The van der Waals surface area contributed by atoms with Gasteiger partial charge in [0.25, 0.3) is 5.91 Å². The fourth-order valence-corrected chi connectivity index (χ4v) is 6.47. The van der Waals surface area contributed by atoms with E-state index >= 15 is 0 Å². The number of hydrogen-bond acceptors (Lipinski definition) is 7. The third-order valence-corrected chi connectivity index (χ3v) is 8.96. The Labute approximate surface area is 274 Å². The van der Waals surface area contributed by atoms with Crippen molar-refractivity contribution < 1.29 is 29.4 Å². The second kappa shape index (κ2) is 14.0. The highest BCUT2D eigenvalue weighted by Crippen LogP contribution is 2.38. The summed E-state index contributed by atoms with van der Waals surface area (Å²) >= 11 is 14.9. The lowest BCUT2D eigenvalue weighted by Crippen LogP contribution is -2.19. The number of thioether (sulfide) groups is 1. The number of benzene rings is 4. The second-order valence-corrected chi connectivity index (χ2v) is 12.3. The number of aromatic carboxylic acids is 2. The van der Waals surface area contributed by atoms with Crippen molar-refractivity contribution >= 4 is 80.9 Å². The maximum absolute atomic E-state index is 13.5. The minimum Gasteiger partial charge on any atom is -0.478 e. The first kappa shape index (κ1) is 31.7. The van der Waals surface area contributed by atoms with E-state index in [2.05, 4.69) is 15.6 Å². The number of amides is 2. The van der Waals surface area contributed by atoms with Gasteiger partial charge >= 0.3 is 11.9 Å². The molecule has 5 rings (SSSR count). The summed E-state index contributed by atoms with van der Waals surface area (Å²) in [6.07, 6.45) is 0. The Morgan fingerprint density at radius 2 is 1.53 bits per heavy atom. The molecule has 0 radical (unpaired) electrons. The molecule has 0 aliphatic rings. The van der Waals surface area contributed by atoms with Gasteiger partial charge in [-0.3, -0.25) is 9.59 Å². The third kappa shape index (κ3) is 7.70. The first-order valence-corrected chi connectivity index (χ1v) is 15.6. The highest BCUT2D eigenvalue weighted by molar-refractivity contribution is 8.00. The number of hydrogen-bond donors (Lipinski definition) is 4. The molecule has 13 heteroatoms. The molecule has 5 aromatic rings. The lowest BCUT2D eigenvalue weighted by atomic mass is 10.0. The van der Waals surface area contributed by atoms with Gasteiger partial charge in [0.05, 0.1) is 27.4 Å². The number of nitrogens with zero attached hydrogens (tertiary/aromatic N) is 1. The number of carbonyl (C=O) groups excluding carboxylic acids is 2. The normalized spacial score (nSPS) is 11.4. The smallest absolute Gasteiger partial charge is 0.336 e. The number of rotatable bonds is 10. The van der Waals surface area contributed by atoms with Crippen LogP contribution in [-0.4, -0.2) is 39.0 Å². The molecule has 0 aliphatic heterocycles. The Balaban J connectivity index is 1.31. The molecule has 0 fully saturated rings. The summed E-state index contributed by atoms with van der Waals surface area (Å²) in [5.41, 5.74) is 1.57. The van der Waals surface area contributed by atoms with E-state index in [0.717, 1.165) is 28.7 Å². The summed E-state index contributed by atoms with van der Waals surface area (Å²) in [5, 5.41) is 26.7. The molecule has 226 valence electrons. The largest absolute Gasteiger partial charge is 0.478 e. The van der Waals surface area contributed by atoms with Crippen LogP contribution < -0.4 is 10.6 Å². The van der Waals surface area contributed by atoms with Crippen molar-refractivity contribution in [3.05, 3.63) is 129 Å². The predicted molar refractivity (Wildman–Crippen MR) is 176 cm³/mol. The summed E-state index contributed by atoms with van der Waals surface area (Å²) < 4.78 is 0. The zero-order valence-electron chi connectivity index (χ0n) is 22.9. The SMILES string of the molecule is O=C(O)c1ccc(C(=O)Nc2ccc(SC(C(=O)Nc3nc(-c4ccc(Cl)cc4Cl)cs3)c3ccccc3)cc2)c(C(=O)O)c1. The van der Waals surface area contributed by atoms with Crippen molar-refractivity contribution in [3.8, 4) is 11.3 Å². The van der Waals surface area contributed by atoms with Crippen LogP contribution in [0.15, 0.2) is 101 Å². The molecule has 1 heterocycles. The van der Waals surface area contributed by atoms with Crippen molar-refractivity contribution in [2.75, 3.05) is 10.6 Å². The van der Waals surface area contributed by atoms with E-state index in [9.17, 15) is 24.3 Å². The van der Waals surface area contributed by atoms with Crippen LogP contribution in [0.1, 0.15) is 41.9 Å². The summed E-state index contributed by atoms with van der Waals surface area (Å²) in [6.45, 7) is 0. The van der Waals surface area contributed by atoms with Crippen LogP contribution in [0.2, 0.25) is 10.0 Å². The molecule has 0 aliphatic carbocycles. The molecular weight excluding hydrogens is 657 g/mol. The first-order chi connectivity index (χ1) is 21.6. The zero-order chi connectivity index (χ0) is 32.1. The Hall–Kier alpha value is -4.68. The van der Waals surface area contributed by atoms with E-state index < -0.39 is 28.7 Å². The Morgan fingerprint density at radius 3 is 2.20 bits per heavy atom. The minimum atomic E-state index is -1.43. The molecule has 4 aromatic carbocycles. The molecule has 0 spiro atoms. The summed E-state index contributed by atoms with van der Waals surface area (Å²) in [4.78, 5) is 54.5. The topological polar surface area (TPSA) is 146 Å². The van der Waals surface area contributed by atoms with Crippen molar-refractivity contribution in [2.45, 2.75) is 10.1 Å². The molecule has 9 nitrogen and oxygen atoms in total. The molecule has 0 saturated heterocycles. The van der Waals surface area contributed by atoms with Crippen molar-refractivity contribution in [1.29, 1.82) is 0 Å². The number of aromatic nitrogens is 1.